The minimum atomic E-state index is -4.43. The average Bonchev–Trinajstić information content (AvgIpc) is 2.97. The molecule has 1 aromatic heterocycles. The van der Waals surface area contributed by atoms with Crippen molar-refractivity contribution in [2.75, 3.05) is 0 Å². The summed E-state index contributed by atoms with van der Waals surface area (Å²) < 4.78 is 40.5. The van der Waals surface area contributed by atoms with Crippen molar-refractivity contribution in [2.24, 2.45) is 0 Å². The number of hydrogen-bond donors (Lipinski definition) is 2. The topological polar surface area (TPSA) is 63.1 Å². The van der Waals surface area contributed by atoms with Gasteiger partial charge in [0.1, 0.15) is 5.70 Å². The van der Waals surface area contributed by atoms with Crippen LogP contribution in [0, 0.1) is 13.8 Å². The number of imide groups is 1. The summed E-state index contributed by atoms with van der Waals surface area (Å²) in [5.41, 5.74) is 1.71. The highest BCUT2D eigenvalue weighted by Crippen LogP contribution is 2.31. The average molecular weight is 349 g/mol. The number of carbonyl (C=O) groups excluding carboxylic acids is 2. The van der Waals surface area contributed by atoms with Gasteiger partial charge in [-0.3, -0.25) is 10.1 Å². The molecule has 0 atom stereocenters. The van der Waals surface area contributed by atoms with Gasteiger partial charge in [-0.2, -0.15) is 13.2 Å². The Balaban J connectivity index is 2.06. The minimum Gasteiger partial charge on any atom is -0.318 e. The summed E-state index contributed by atoms with van der Waals surface area (Å²) in [5.74, 6) is -0.547. The van der Waals surface area contributed by atoms with E-state index in [-0.39, 0.29) is 5.70 Å². The highest BCUT2D eigenvalue weighted by atomic mass is 19.4. The summed E-state index contributed by atoms with van der Waals surface area (Å²) in [6, 6.07) is 6.14. The first kappa shape index (κ1) is 16.8. The predicted octanol–water partition coefficient (Wildman–Crippen LogP) is 3.29. The van der Waals surface area contributed by atoms with Crippen LogP contribution in [-0.2, 0) is 11.0 Å². The third-order valence-electron chi connectivity index (χ3n) is 3.92. The monoisotopic (exact) mass is 349 g/mol. The Hall–Kier alpha value is -3.03. The summed E-state index contributed by atoms with van der Waals surface area (Å²) in [7, 11) is 0. The van der Waals surface area contributed by atoms with Crippen molar-refractivity contribution in [3.63, 3.8) is 0 Å². The molecule has 2 aromatic rings. The summed E-state index contributed by atoms with van der Waals surface area (Å²) in [5, 5.41) is 4.48. The van der Waals surface area contributed by atoms with Crippen molar-refractivity contribution in [1.29, 1.82) is 0 Å². The fraction of sp³-hybridized carbons (Fsp3) is 0.176. The van der Waals surface area contributed by atoms with Gasteiger partial charge in [0.2, 0.25) is 0 Å². The van der Waals surface area contributed by atoms with Crippen LogP contribution >= 0.6 is 0 Å². The Bertz CT molecular complexity index is 910. The van der Waals surface area contributed by atoms with E-state index in [9.17, 15) is 22.8 Å². The third-order valence-corrected chi connectivity index (χ3v) is 3.92. The maximum Gasteiger partial charge on any atom is 0.416 e. The number of carbonyl (C=O) groups is 2. The van der Waals surface area contributed by atoms with Gasteiger partial charge in [-0.15, -0.1) is 0 Å². The number of benzene rings is 1. The fourth-order valence-electron chi connectivity index (χ4n) is 2.79. The SMILES string of the molecule is Cc1cc(/C=C2\NC(=O)NC2=O)c(C)n1-c1cccc(C(F)(F)F)c1. The number of aryl methyl sites for hydroxylation is 1. The molecule has 0 aliphatic carbocycles. The Morgan fingerprint density at radius 2 is 1.80 bits per heavy atom. The lowest BCUT2D eigenvalue weighted by Crippen LogP contribution is -2.22. The number of nitrogens with zero attached hydrogens (tertiary/aromatic N) is 1. The lowest BCUT2D eigenvalue weighted by Gasteiger charge is -2.13. The van der Waals surface area contributed by atoms with Crippen LogP contribution in [0.2, 0.25) is 0 Å². The quantitative estimate of drug-likeness (QED) is 0.646. The molecular weight excluding hydrogens is 335 g/mol. The van der Waals surface area contributed by atoms with Gasteiger partial charge in [0.15, 0.2) is 0 Å². The van der Waals surface area contributed by atoms with Gasteiger partial charge in [-0.1, -0.05) is 6.07 Å². The zero-order valence-electron chi connectivity index (χ0n) is 13.4. The Labute approximate surface area is 141 Å². The summed E-state index contributed by atoms with van der Waals surface area (Å²) in [6.07, 6.45) is -2.94. The van der Waals surface area contributed by atoms with Gasteiger partial charge < -0.3 is 9.88 Å². The number of halogens is 3. The van der Waals surface area contributed by atoms with Crippen LogP contribution in [0.1, 0.15) is 22.5 Å². The van der Waals surface area contributed by atoms with E-state index in [0.29, 0.717) is 22.6 Å². The van der Waals surface area contributed by atoms with E-state index >= 15 is 0 Å². The predicted molar refractivity (Wildman–Crippen MR) is 84.9 cm³/mol. The van der Waals surface area contributed by atoms with Crippen molar-refractivity contribution in [2.45, 2.75) is 20.0 Å². The van der Waals surface area contributed by atoms with Gasteiger partial charge in [0.25, 0.3) is 5.91 Å². The molecule has 0 bridgehead atoms. The van der Waals surface area contributed by atoms with E-state index in [2.05, 4.69) is 10.6 Å². The van der Waals surface area contributed by atoms with Crippen molar-refractivity contribution in [3.8, 4) is 5.69 Å². The van der Waals surface area contributed by atoms with Crippen LogP contribution in [-0.4, -0.2) is 16.5 Å². The van der Waals surface area contributed by atoms with Crippen molar-refractivity contribution >= 4 is 18.0 Å². The van der Waals surface area contributed by atoms with Gasteiger partial charge in [-0.25, -0.2) is 4.79 Å². The van der Waals surface area contributed by atoms with Crippen LogP contribution in [0.5, 0.6) is 0 Å². The molecule has 1 aliphatic heterocycles. The number of alkyl halides is 3. The molecule has 3 rings (SSSR count). The Kier molecular flexibility index (Phi) is 3.90. The zero-order chi connectivity index (χ0) is 18.4. The summed E-state index contributed by atoms with van der Waals surface area (Å²) in [6.45, 7) is 3.48. The lowest BCUT2D eigenvalue weighted by atomic mass is 10.2. The third kappa shape index (κ3) is 3.15. The molecule has 1 fully saturated rings. The summed E-state index contributed by atoms with van der Waals surface area (Å²) >= 11 is 0. The van der Waals surface area contributed by atoms with E-state index in [0.717, 1.165) is 12.1 Å². The van der Waals surface area contributed by atoms with Crippen LogP contribution in [0.15, 0.2) is 36.0 Å². The highest BCUT2D eigenvalue weighted by molar-refractivity contribution is 6.14. The van der Waals surface area contributed by atoms with Crippen molar-refractivity contribution < 1.29 is 22.8 Å². The van der Waals surface area contributed by atoms with Gasteiger partial charge in [0, 0.05) is 17.1 Å². The molecule has 1 aliphatic rings. The number of rotatable bonds is 2. The molecule has 0 radical (unpaired) electrons. The van der Waals surface area contributed by atoms with E-state index in [1.54, 1.807) is 30.5 Å². The van der Waals surface area contributed by atoms with Crippen molar-refractivity contribution in [3.05, 3.63) is 58.5 Å². The van der Waals surface area contributed by atoms with Crippen LogP contribution < -0.4 is 10.6 Å². The first-order chi connectivity index (χ1) is 11.7. The van der Waals surface area contributed by atoms with Crippen LogP contribution in [0.25, 0.3) is 11.8 Å². The maximum absolute atomic E-state index is 12.9. The van der Waals surface area contributed by atoms with E-state index in [1.807, 2.05) is 0 Å². The number of hydrogen-bond acceptors (Lipinski definition) is 2. The molecule has 3 amide bonds. The lowest BCUT2D eigenvalue weighted by molar-refractivity contribution is -0.137. The molecule has 130 valence electrons. The molecular formula is C17H14F3N3O2. The number of amides is 3. The Morgan fingerprint density at radius 1 is 1.08 bits per heavy atom. The molecule has 2 heterocycles. The standard InChI is InChI=1S/C17H14F3N3O2/c1-9-6-11(7-14-15(24)22-16(25)21-14)10(2)23(9)13-5-3-4-12(8-13)17(18,19)20/h3-8H,1-2H3,(H2,21,22,24,25)/b14-7-. The summed E-state index contributed by atoms with van der Waals surface area (Å²) in [4.78, 5) is 22.8. The zero-order valence-corrected chi connectivity index (χ0v) is 13.4. The molecule has 5 nitrogen and oxygen atoms in total. The first-order valence-corrected chi connectivity index (χ1v) is 7.37. The van der Waals surface area contributed by atoms with Gasteiger partial charge in [-0.05, 0) is 49.8 Å². The minimum absolute atomic E-state index is 0.0919. The normalized spacial score (nSPS) is 16.3. The highest BCUT2D eigenvalue weighted by Gasteiger charge is 2.30. The van der Waals surface area contributed by atoms with Crippen LogP contribution in [0.3, 0.4) is 0 Å². The molecule has 2 N–H and O–H groups in total. The van der Waals surface area contributed by atoms with Gasteiger partial charge in [0.05, 0.1) is 5.56 Å². The molecule has 25 heavy (non-hydrogen) atoms. The molecule has 8 heteroatoms. The smallest absolute Gasteiger partial charge is 0.318 e. The van der Waals surface area contributed by atoms with E-state index < -0.39 is 23.7 Å². The second-order valence-electron chi connectivity index (χ2n) is 5.68. The molecule has 1 aromatic carbocycles. The fourth-order valence-corrected chi connectivity index (χ4v) is 2.79. The molecule has 1 saturated heterocycles. The maximum atomic E-state index is 12.9. The largest absolute Gasteiger partial charge is 0.416 e. The number of nitrogens with one attached hydrogen (secondary N) is 2. The number of urea groups is 1. The molecule has 0 saturated carbocycles. The number of aromatic nitrogens is 1. The first-order valence-electron chi connectivity index (χ1n) is 7.37. The van der Waals surface area contributed by atoms with Gasteiger partial charge >= 0.3 is 12.2 Å². The Morgan fingerprint density at radius 3 is 2.40 bits per heavy atom. The van der Waals surface area contributed by atoms with E-state index in [4.69, 9.17) is 0 Å². The van der Waals surface area contributed by atoms with Crippen molar-refractivity contribution in [1.82, 2.24) is 15.2 Å². The molecule has 0 unspecified atom stereocenters. The van der Waals surface area contributed by atoms with Crippen LogP contribution in [0.4, 0.5) is 18.0 Å². The molecule has 0 spiro atoms. The van der Waals surface area contributed by atoms with E-state index in [1.165, 1.54) is 12.1 Å². The second-order valence-corrected chi connectivity index (χ2v) is 5.68. The second kappa shape index (κ2) is 5.80.